The van der Waals surface area contributed by atoms with E-state index in [0.29, 0.717) is 42.3 Å². The minimum Gasteiger partial charge on any atom is -0.469 e. The zero-order chi connectivity index (χ0) is 18.3. The molecule has 138 valence electrons. The van der Waals surface area contributed by atoms with E-state index in [4.69, 9.17) is 4.42 Å². The molecule has 0 aliphatic carbocycles. The topological polar surface area (TPSA) is 70.8 Å². The molecular weight excluding hydrogens is 352 g/mol. The van der Waals surface area contributed by atoms with Gasteiger partial charge in [-0.15, -0.1) is 0 Å². The molecule has 6 nitrogen and oxygen atoms in total. The lowest BCUT2D eigenvalue weighted by Crippen LogP contribution is -2.35. The number of sulfonamides is 1. The Morgan fingerprint density at radius 2 is 1.85 bits per heavy atom. The summed E-state index contributed by atoms with van der Waals surface area (Å²) in [5.74, 6) is 0.481. The smallest absolute Gasteiger partial charge is 0.261 e. The summed E-state index contributed by atoms with van der Waals surface area (Å²) in [7, 11) is -3.46. The summed E-state index contributed by atoms with van der Waals surface area (Å²) in [6, 6.07) is 6.78. The van der Waals surface area contributed by atoms with E-state index in [2.05, 4.69) is 0 Å². The van der Waals surface area contributed by atoms with Gasteiger partial charge in [0.15, 0.2) is 0 Å². The molecule has 0 spiro atoms. The maximum atomic E-state index is 12.9. The SMILES string of the molecule is Cc1occc1C(=O)N1CCc2cc(S(=O)(=O)N3CCCCC3)ccc21. The number of benzene rings is 1. The minimum atomic E-state index is -3.46. The van der Waals surface area contributed by atoms with Gasteiger partial charge in [-0.2, -0.15) is 4.31 Å². The zero-order valence-corrected chi connectivity index (χ0v) is 15.6. The summed E-state index contributed by atoms with van der Waals surface area (Å²) < 4.78 is 32.5. The molecule has 1 saturated heterocycles. The van der Waals surface area contributed by atoms with Crippen molar-refractivity contribution in [1.82, 2.24) is 4.31 Å². The maximum Gasteiger partial charge on any atom is 0.261 e. The zero-order valence-electron chi connectivity index (χ0n) is 14.8. The van der Waals surface area contributed by atoms with Crippen LogP contribution in [0.15, 0.2) is 39.8 Å². The Morgan fingerprint density at radius 1 is 1.08 bits per heavy atom. The molecule has 2 aliphatic heterocycles. The fraction of sp³-hybridized carbons (Fsp3) is 0.421. The van der Waals surface area contributed by atoms with Crippen molar-refractivity contribution < 1.29 is 17.6 Å². The lowest BCUT2D eigenvalue weighted by atomic mass is 10.1. The monoisotopic (exact) mass is 374 g/mol. The van der Waals surface area contributed by atoms with Crippen molar-refractivity contribution in [2.24, 2.45) is 0 Å². The molecule has 0 unspecified atom stereocenters. The van der Waals surface area contributed by atoms with Crippen LogP contribution < -0.4 is 4.90 Å². The number of hydrogen-bond acceptors (Lipinski definition) is 4. The van der Waals surface area contributed by atoms with Crippen molar-refractivity contribution in [3.05, 3.63) is 47.4 Å². The molecule has 2 aromatic rings. The fourth-order valence-electron chi connectivity index (χ4n) is 3.76. The first kappa shape index (κ1) is 17.3. The first-order valence-electron chi connectivity index (χ1n) is 8.97. The second-order valence-electron chi connectivity index (χ2n) is 6.85. The highest BCUT2D eigenvalue weighted by Gasteiger charge is 2.31. The Labute approximate surface area is 153 Å². The van der Waals surface area contributed by atoms with Crippen LogP contribution in [0.4, 0.5) is 5.69 Å². The molecule has 4 rings (SSSR count). The number of furan rings is 1. The summed E-state index contributed by atoms with van der Waals surface area (Å²) in [4.78, 5) is 14.8. The molecule has 1 amide bonds. The Hall–Kier alpha value is -2.12. The third kappa shape index (κ3) is 2.85. The van der Waals surface area contributed by atoms with Crippen LogP contribution in [0.2, 0.25) is 0 Å². The average Bonchev–Trinajstić information content (AvgIpc) is 3.27. The van der Waals surface area contributed by atoms with Gasteiger partial charge in [0.1, 0.15) is 5.76 Å². The van der Waals surface area contributed by atoms with E-state index in [0.717, 1.165) is 30.5 Å². The third-order valence-corrected chi connectivity index (χ3v) is 7.13. The molecule has 2 aliphatic rings. The van der Waals surface area contributed by atoms with Crippen molar-refractivity contribution >= 4 is 21.6 Å². The summed E-state index contributed by atoms with van der Waals surface area (Å²) in [6.45, 7) is 3.48. The van der Waals surface area contributed by atoms with Crippen LogP contribution in [0.3, 0.4) is 0 Å². The predicted molar refractivity (Wildman–Crippen MR) is 97.9 cm³/mol. The van der Waals surface area contributed by atoms with Gasteiger partial charge >= 0.3 is 0 Å². The molecule has 0 radical (unpaired) electrons. The number of rotatable bonds is 3. The molecule has 0 N–H and O–H groups in total. The normalized spacial score (nSPS) is 18.1. The summed E-state index contributed by atoms with van der Waals surface area (Å²) >= 11 is 0. The number of hydrogen-bond donors (Lipinski definition) is 0. The van der Waals surface area contributed by atoms with E-state index in [1.165, 1.54) is 6.26 Å². The van der Waals surface area contributed by atoms with Gasteiger partial charge < -0.3 is 9.32 Å². The van der Waals surface area contributed by atoms with Crippen LogP contribution in [-0.4, -0.2) is 38.3 Å². The molecule has 0 saturated carbocycles. The summed E-state index contributed by atoms with van der Waals surface area (Å²) in [6.07, 6.45) is 5.07. The minimum absolute atomic E-state index is 0.110. The fourth-order valence-corrected chi connectivity index (χ4v) is 5.32. The first-order valence-corrected chi connectivity index (χ1v) is 10.4. The average molecular weight is 374 g/mol. The predicted octanol–water partition coefficient (Wildman–Crippen LogP) is 2.97. The number of piperidine rings is 1. The highest BCUT2D eigenvalue weighted by molar-refractivity contribution is 7.89. The van der Waals surface area contributed by atoms with Crippen molar-refractivity contribution in [1.29, 1.82) is 0 Å². The second kappa shape index (κ2) is 6.55. The number of aryl methyl sites for hydroxylation is 1. The largest absolute Gasteiger partial charge is 0.469 e. The van der Waals surface area contributed by atoms with Crippen LogP contribution in [0, 0.1) is 6.92 Å². The van der Waals surface area contributed by atoms with Crippen molar-refractivity contribution in [2.45, 2.75) is 37.5 Å². The lowest BCUT2D eigenvalue weighted by Gasteiger charge is -2.26. The van der Waals surface area contributed by atoms with Gasteiger partial charge in [-0.1, -0.05) is 6.42 Å². The van der Waals surface area contributed by atoms with Gasteiger partial charge in [-0.25, -0.2) is 8.42 Å². The van der Waals surface area contributed by atoms with Crippen LogP contribution in [-0.2, 0) is 16.4 Å². The number of nitrogens with zero attached hydrogens (tertiary/aromatic N) is 2. The van der Waals surface area contributed by atoms with Crippen molar-refractivity contribution in [3.8, 4) is 0 Å². The third-order valence-electron chi connectivity index (χ3n) is 5.23. The van der Waals surface area contributed by atoms with Crippen molar-refractivity contribution in [2.75, 3.05) is 24.5 Å². The molecule has 7 heteroatoms. The van der Waals surface area contributed by atoms with Crippen LogP contribution in [0.25, 0.3) is 0 Å². The van der Waals surface area contributed by atoms with Crippen molar-refractivity contribution in [3.63, 3.8) is 0 Å². The van der Waals surface area contributed by atoms with Gasteiger partial charge in [0, 0.05) is 25.3 Å². The number of amides is 1. The number of carbonyl (C=O) groups is 1. The van der Waals surface area contributed by atoms with E-state index in [9.17, 15) is 13.2 Å². The Bertz CT molecular complexity index is 942. The molecule has 0 bridgehead atoms. The molecule has 1 aromatic heterocycles. The van der Waals surface area contributed by atoms with E-state index in [1.54, 1.807) is 40.4 Å². The van der Waals surface area contributed by atoms with E-state index in [1.807, 2.05) is 0 Å². The molecular formula is C19H22N2O4S. The molecule has 26 heavy (non-hydrogen) atoms. The number of fused-ring (bicyclic) bond motifs is 1. The Kier molecular flexibility index (Phi) is 4.36. The highest BCUT2D eigenvalue weighted by Crippen LogP contribution is 2.33. The van der Waals surface area contributed by atoms with E-state index >= 15 is 0 Å². The van der Waals surface area contributed by atoms with Crippen LogP contribution >= 0.6 is 0 Å². The summed E-state index contributed by atoms with van der Waals surface area (Å²) in [5.41, 5.74) is 2.23. The number of carbonyl (C=O) groups excluding carboxylic acids is 1. The lowest BCUT2D eigenvalue weighted by molar-refractivity contribution is 0.0988. The quantitative estimate of drug-likeness (QED) is 0.828. The first-order chi connectivity index (χ1) is 12.5. The standard InChI is InChI=1S/C19H22N2O4S/c1-14-17(8-12-25-14)19(22)21-11-7-15-13-16(5-6-18(15)21)26(23,24)20-9-3-2-4-10-20/h5-6,8,12-13H,2-4,7,9-11H2,1H3. The van der Waals surface area contributed by atoms with Gasteiger partial charge in [0.25, 0.3) is 5.91 Å². The second-order valence-corrected chi connectivity index (χ2v) is 8.79. The van der Waals surface area contributed by atoms with Crippen LogP contribution in [0.1, 0.15) is 40.9 Å². The van der Waals surface area contributed by atoms with Gasteiger partial charge in [0.2, 0.25) is 10.0 Å². The highest BCUT2D eigenvalue weighted by atomic mass is 32.2. The molecule has 1 aromatic carbocycles. The Morgan fingerprint density at radius 3 is 2.54 bits per heavy atom. The Balaban J connectivity index is 1.63. The maximum absolute atomic E-state index is 12.9. The summed E-state index contributed by atoms with van der Waals surface area (Å²) in [5, 5.41) is 0. The number of anilines is 1. The molecule has 0 atom stereocenters. The van der Waals surface area contributed by atoms with Gasteiger partial charge in [0.05, 0.1) is 16.7 Å². The van der Waals surface area contributed by atoms with Crippen LogP contribution in [0.5, 0.6) is 0 Å². The van der Waals surface area contributed by atoms with E-state index in [-0.39, 0.29) is 5.91 Å². The van der Waals surface area contributed by atoms with Gasteiger partial charge in [-0.05, 0) is 56.0 Å². The van der Waals surface area contributed by atoms with E-state index < -0.39 is 10.0 Å². The van der Waals surface area contributed by atoms with Gasteiger partial charge in [-0.3, -0.25) is 4.79 Å². The molecule has 3 heterocycles. The molecule has 1 fully saturated rings.